The summed E-state index contributed by atoms with van der Waals surface area (Å²) in [7, 11) is 0. The van der Waals surface area contributed by atoms with E-state index >= 15 is 0 Å². The fourth-order valence-corrected chi connectivity index (χ4v) is 0.841. The van der Waals surface area contributed by atoms with Crippen molar-refractivity contribution in [3.05, 3.63) is 0 Å². The van der Waals surface area contributed by atoms with E-state index in [-0.39, 0.29) is 0 Å². The summed E-state index contributed by atoms with van der Waals surface area (Å²) < 4.78 is 102. The van der Waals surface area contributed by atoms with Crippen LogP contribution in [0.4, 0.5) is 35.1 Å². The quantitative estimate of drug-likeness (QED) is 0.725. The molecular formula is C8H7F8NO. The van der Waals surface area contributed by atoms with Gasteiger partial charge < -0.3 is 0 Å². The molecule has 0 aliphatic heterocycles. The van der Waals surface area contributed by atoms with E-state index in [2.05, 4.69) is 4.74 Å². The minimum absolute atomic E-state index is 0.654. The van der Waals surface area contributed by atoms with E-state index in [1.807, 2.05) is 0 Å². The van der Waals surface area contributed by atoms with Gasteiger partial charge in [-0.05, 0) is 6.92 Å². The van der Waals surface area contributed by atoms with Gasteiger partial charge in [-0.3, -0.25) is 4.74 Å². The Morgan fingerprint density at radius 3 is 1.89 bits per heavy atom. The first-order valence-corrected chi connectivity index (χ1v) is 4.37. The molecule has 0 radical (unpaired) electrons. The van der Waals surface area contributed by atoms with Crippen LogP contribution in [0.5, 0.6) is 0 Å². The summed E-state index contributed by atoms with van der Waals surface area (Å²) in [6.45, 7) is 0.654. The highest BCUT2D eigenvalue weighted by Gasteiger charge is 2.65. The van der Waals surface area contributed by atoms with Gasteiger partial charge in [-0.1, -0.05) is 0 Å². The second kappa shape index (κ2) is 5.26. The van der Waals surface area contributed by atoms with E-state index in [0.29, 0.717) is 6.92 Å². The lowest BCUT2D eigenvalue weighted by Gasteiger charge is -2.29. The molecule has 0 spiro atoms. The van der Waals surface area contributed by atoms with Crippen molar-refractivity contribution < 1.29 is 39.9 Å². The van der Waals surface area contributed by atoms with Crippen LogP contribution < -0.4 is 0 Å². The molecule has 106 valence electrons. The number of alkyl halides is 8. The molecule has 10 heteroatoms. The van der Waals surface area contributed by atoms with Gasteiger partial charge >= 0.3 is 18.2 Å². The van der Waals surface area contributed by atoms with E-state index in [4.69, 9.17) is 5.26 Å². The molecule has 18 heavy (non-hydrogen) atoms. The van der Waals surface area contributed by atoms with E-state index in [1.165, 1.54) is 0 Å². The number of hydrogen-bond donors (Lipinski definition) is 0. The third kappa shape index (κ3) is 4.29. The van der Waals surface area contributed by atoms with Crippen LogP contribution in [-0.2, 0) is 4.74 Å². The Labute approximate surface area is 96.1 Å². The van der Waals surface area contributed by atoms with Gasteiger partial charge in [0.15, 0.2) is 6.17 Å². The zero-order chi connectivity index (χ0) is 14.8. The summed E-state index contributed by atoms with van der Waals surface area (Å²) >= 11 is 0. The number of nitriles is 1. The Kier molecular flexibility index (Phi) is 4.93. The average molecular weight is 285 g/mol. The average Bonchev–Trinajstić information content (AvgIpc) is 2.13. The highest BCUT2D eigenvalue weighted by atomic mass is 19.4. The lowest BCUT2D eigenvalue weighted by atomic mass is 10.1. The number of ether oxygens (including phenoxy) is 1. The molecule has 0 aliphatic carbocycles. The normalized spacial score (nSPS) is 17.1. The third-order valence-electron chi connectivity index (χ3n) is 1.70. The second-order valence-electron chi connectivity index (χ2n) is 3.32. The molecule has 0 aromatic heterocycles. The standard InChI is InChI=1S/C8H7F8NO/c1-4(3-17)18-8(15,16)7(13,14)5(9)2-6(10,11)12/h4-5H,2H2,1H3. The number of rotatable bonds is 5. The Bertz CT molecular complexity index is 320. The molecule has 0 aliphatic rings. The van der Waals surface area contributed by atoms with Crippen molar-refractivity contribution in [2.45, 2.75) is 43.8 Å². The summed E-state index contributed by atoms with van der Waals surface area (Å²) in [4.78, 5) is 0. The smallest absolute Gasteiger partial charge is 0.297 e. The van der Waals surface area contributed by atoms with Crippen molar-refractivity contribution in [1.29, 1.82) is 5.26 Å². The van der Waals surface area contributed by atoms with Crippen LogP contribution in [-0.4, -0.2) is 30.5 Å². The van der Waals surface area contributed by atoms with Crippen LogP contribution in [0.1, 0.15) is 13.3 Å². The maximum atomic E-state index is 12.8. The molecule has 0 rings (SSSR count). The highest BCUT2D eigenvalue weighted by Crippen LogP contribution is 2.43. The summed E-state index contributed by atoms with van der Waals surface area (Å²) in [5.74, 6) is -5.70. The van der Waals surface area contributed by atoms with Gasteiger partial charge in [0.1, 0.15) is 6.10 Å². The van der Waals surface area contributed by atoms with E-state index in [1.54, 1.807) is 0 Å². The summed E-state index contributed by atoms with van der Waals surface area (Å²) in [5, 5.41) is 8.06. The van der Waals surface area contributed by atoms with Crippen LogP contribution in [0, 0.1) is 11.3 Å². The molecule has 0 bridgehead atoms. The second-order valence-corrected chi connectivity index (χ2v) is 3.32. The lowest BCUT2D eigenvalue weighted by Crippen LogP contribution is -2.51. The van der Waals surface area contributed by atoms with Gasteiger partial charge in [0.25, 0.3) is 0 Å². The molecule has 0 saturated carbocycles. The van der Waals surface area contributed by atoms with Crippen molar-refractivity contribution >= 4 is 0 Å². The Balaban J connectivity index is 4.94. The molecule has 0 aromatic rings. The monoisotopic (exact) mass is 285 g/mol. The van der Waals surface area contributed by atoms with Gasteiger partial charge in [0.05, 0.1) is 12.5 Å². The molecule has 0 amide bonds. The fraction of sp³-hybridized carbons (Fsp3) is 0.875. The van der Waals surface area contributed by atoms with Crippen molar-refractivity contribution in [3.63, 3.8) is 0 Å². The Morgan fingerprint density at radius 1 is 1.11 bits per heavy atom. The molecule has 0 heterocycles. The topological polar surface area (TPSA) is 33.0 Å². The molecular weight excluding hydrogens is 278 g/mol. The summed E-state index contributed by atoms with van der Waals surface area (Å²) in [5.41, 5.74) is 0. The SMILES string of the molecule is CC(C#N)OC(F)(F)C(F)(F)C(F)CC(F)(F)F. The Hall–Kier alpha value is -1.11. The Morgan fingerprint density at radius 2 is 1.56 bits per heavy atom. The minimum Gasteiger partial charge on any atom is -0.297 e. The maximum Gasteiger partial charge on any atom is 0.423 e. The molecule has 0 N–H and O–H groups in total. The number of nitrogens with zero attached hydrogens (tertiary/aromatic N) is 1. The molecule has 2 unspecified atom stereocenters. The molecule has 2 nitrogen and oxygen atoms in total. The highest BCUT2D eigenvalue weighted by molar-refractivity contribution is 4.90. The lowest BCUT2D eigenvalue weighted by molar-refractivity contribution is -0.372. The minimum atomic E-state index is -5.70. The molecule has 0 fully saturated rings. The predicted molar refractivity (Wildman–Crippen MR) is 41.6 cm³/mol. The zero-order valence-corrected chi connectivity index (χ0v) is 8.74. The number of hydrogen-bond acceptors (Lipinski definition) is 2. The molecule has 0 saturated heterocycles. The molecule has 0 aromatic carbocycles. The third-order valence-corrected chi connectivity index (χ3v) is 1.70. The molecule has 2 atom stereocenters. The van der Waals surface area contributed by atoms with Crippen LogP contribution in [0.15, 0.2) is 0 Å². The largest absolute Gasteiger partial charge is 0.423 e. The summed E-state index contributed by atoms with van der Waals surface area (Å²) in [6, 6.07) is 1.00. The van der Waals surface area contributed by atoms with Crippen LogP contribution >= 0.6 is 0 Å². The van der Waals surface area contributed by atoms with Gasteiger partial charge in [-0.15, -0.1) is 0 Å². The van der Waals surface area contributed by atoms with Gasteiger partial charge in [-0.2, -0.15) is 36.0 Å². The van der Waals surface area contributed by atoms with Gasteiger partial charge in [-0.25, -0.2) is 4.39 Å². The maximum absolute atomic E-state index is 12.8. The first kappa shape index (κ1) is 16.9. The van der Waals surface area contributed by atoms with Crippen molar-refractivity contribution in [2.75, 3.05) is 0 Å². The summed E-state index contributed by atoms with van der Waals surface area (Å²) in [6.07, 6.45) is -19.9. The van der Waals surface area contributed by atoms with Gasteiger partial charge in [0.2, 0.25) is 0 Å². The van der Waals surface area contributed by atoms with E-state index in [9.17, 15) is 35.1 Å². The zero-order valence-electron chi connectivity index (χ0n) is 8.74. The van der Waals surface area contributed by atoms with Crippen LogP contribution in [0.3, 0.4) is 0 Å². The first-order chi connectivity index (χ1) is 7.83. The van der Waals surface area contributed by atoms with Gasteiger partial charge in [0, 0.05) is 0 Å². The van der Waals surface area contributed by atoms with Crippen molar-refractivity contribution in [1.82, 2.24) is 0 Å². The predicted octanol–water partition coefficient (Wildman–Crippen LogP) is 3.43. The van der Waals surface area contributed by atoms with E-state index in [0.717, 1.165) is 6.07 Å². The number of halogens is 8. The van der Waals surface area contributed by atoms with Crippen LogP contribution in [0.2, 0.25) is 0 Å². The van der Waals surface area contributed by atoms with Crippen molar-refractivity contribution in [3.8, 4) is 6.07 Å². The van der Waals surface area contributed by atoms with Crippen LogP contribution in [0.25, 0.3) is 0 Å². The van der Waals surface area contributed by atoms with E-state index < -0.39 is 36.9 Å². The first-order valence-electron chi connectivity index (χ1n) is 4.37. The van der Waals surface area contributed by atoms with Crippen molar-refractivity contribution in [2.24, 2.45) is 0 Å². The fourth-order valence-electron chi connectivity index (χ4n) is 0.841.